The van der Waals surface area contributed by atoms with E-state index >= 15 is 0 Å². The molecule has 1 amide bonds. The number of anilines is 1. The summed E-state index contributed by atoms with van der Waals surface area (Å²) in [5, 5.41) is 3.59. The first-order valence-corrected chi connectivity index (χ1v) is 8.86. The highest BCUT2D eigenvalue weighted by atomic mass is 32.1. The number of hydrogen-bond donors (Lipinski definition) is 1. The second-order valence-electron chi connectivity index (χ2n) is 6.07. The molecule has 0 fully saturated rings. The van der Waals surface area contributed by atoms with Gasteiger partial charge in [0.15, 0.2) is 5.13 Å². The average molecular weight is 336 g/mol. The van der Waals surface area contributed by atoms with Crippen molar-refractivity contribution in [3.05, 3.63) is 60.7 Å². The fourth-order valence-corrected chi connectivity index (χ4v) is 3.50. The molecule has 3 nitrogen and oxygen atoms in total. The van der Waals surface area contributed by atoms with E-state index in [1.165, 1.54) is 11.3 Å². The molecule has 0 atom stereocenters. The minimum Gasteiger partial charge on any atom is -0.302 e. The first kappa shape index (κ1) is 16.4. The van der Waals surface area contributed by atoms with Gasteiger partial charge in [0.05, 0.1) is 10.6 Å². The van der Waals surface area contributed by atoms with Crippen molar-refractivity contribution in [3.63, 3.8) is 0 Å². The molecule has 0 aliphatic rings. The van der Waals surface area contributed by atoms with Crippen molar-refractivity contribution in [3.8, 4) is 21.7 Å². The highest BCUT2D eigenvalue weighted by molar-refractivity contribution is 7.19. The third-order valence-corrected chi connectivity index (χ3v) is 4.57. The third kappa shape index (κ3) is 3.89. The van der Waals surface area contributed by atoms with Gasteiger partial charge in [-0.15, -0.1) is 0 Å². The van der Waals surface area contributed by atoms with Gasteiger partial charge in [0.25, 0.3) is 0 Å². The van der Waals surface area contributed by atoms with Gasteiger partial charge in [-0.1, -0.05) is 85.8 Å². The highest BCUT2D eigenvalue weighted by Gasteiger charge is 2.16. The van der Waals surface area contributed by atoms with Gasteiger partial charge in [0.1, 0.15) is 0 Å². The topological polar surface area (TPSA) is 42.0 Å². The molecule has 2 aromatic carbocycles. The molecule has 122 valence electrons. The molecule has 1 aromatic heterocycles. The van der Waals surface area contributed by atoms with E-state index in [-0.39, 0.29) is 5.91 Å². The fourth-order valence-electron chi connectivity index (χ4n) is 2.49. The van der Waals surface area contributed by atoms with E-state index < -0.39 is 0 Å². The summed E-state index contributed by atoms with van der Waals surface area (Å²) in [4.78, 5) is 17.8. The Balaban J connectivity index is 1.99. The van der Waals surface area contributed by atoms with Crippen LogP contribution in [0, 0.1) is 5.92 Å². The van der Waals surface area contributed by atoms with Crippen molar-refractivity contribution in [1.29, 1.82) is 0 Å². The lowest BCUT2D eigenvalue weighted by Gasteiger charge is -2.03. The molecular formula is C20H20N2OS. The van der Waals surface area contributed by atoms with Gasteiger partial charge in [-0.25, -0.2) is 4.98 Å². The van der Waals surface area contributed by atoms with Gasteiger partial charge in [0, 0.05) is 12.0 Å². The Kier molecular flexibility index (Phi) is 5.06. The van der Waals surface area contributed by atoms with Crippen LogP contribution in [0.15, 0.2) is 60.7 Å². The largest absolute Gasteiger partial charge is 0.302 e. The van der Waals surface area contributed by atoms with E-state index in [2.05, 4.69) is 17.4 Å². The van der Waals surface area contributed by atoms with Crippen LogP contribution >= 0.6 is 11.3 Å². The number of aromatic nitrogens is 1. The van der Waals surface area contributed by atoms with Crippen LogP contribution in [0.5, 0.6) is 0 Å². The fraction of sp³-hybridized carbons (Fsp3) is 0.200. The van der Waals surface area contributed by atoms with E-state index in [4.69, 9.17) is 4.98 Å². The van der Waals surface area contributed by atoms with Gasteiger partial charge in [-0.2, -0.15) is 0 Å². The summed E-state index contributed by atoms with van der Waals surface area (Å²) in [7, 11) is 0. The van der Waals surface area contributed by atoms with Crippen LogP contribution in [0.3, 0.4) is 0 Å². The maximum atomic E-state index is 12.1. The zero-order valence-corrected chi connectivity index (χ0v) is 14.6. The van der Waals surface area contributed by atoms with Crippen LogP contribution in [0.2, 0.25) is 0 Å². The van der Waals surface area contributed by atoms with Gasteiger partial charge in [0.2, 0.25) is 5.91 Å². The Bertz CT molecular complexity index is 753. The van der Waals surface area contributed by atoms with Gasteiger partial charge in [-0.3, -0.25) is 4.79 Å². The molecule has 4 heteroatoms. The van der Waals surface area contributed by atoms with E-state index in [0.29, 0.717) is 17.5 Å². The molecule has 3 rings (SSSR count). The van der Waals surface area contributed by atoms with Crippen molar-refractivity contribution in [2.24, 2.45) is 5.92 Å². The maximum Gasteiger partial charge on any atom is 0.226 e. The zero-order valence-electron chi connectivity index (χ0n) is 13.8. The molecule has 0 aliphatic carbocycles. The summed E-state index contributed by atoms with van der Waals surface area (Å²) < 4.78 is 0. The zero-order chi connectivity index (χ0) is 16.9. The summed E-state index contributed by atoms with van der Waals surface area (Å²) in [6.45, 7) is 4.07. The van der Waals surface area contributed by atoms with E-state index in [1.54, 1.807) is 0 Å². The van der Waals surface area contributed by atoms with Crippen LogP contribution in [-0.4, -0.2) is 10.9 Å². The van der Waals surface area contributed by atoms with Gasteiger partial charge >= 0.3 is 0 Å². The van der Waals surface area contributed by atoms with Crippen LogP contribution in [-0.2, 0) is 4.79 Å². The number of carbonyl (C=O) groups is 1. The van der Waals surface area contributed by atoms with Crippen LogP contribution in [0.25, 0.3) is 21.7 Å². The molecule has 24 heavy (non-hydrogen) atoms. The predicted octanol–water partition coefficient (Wildman–Crippen LogP) is 5.46. The lowest BCUT2D eigenvalue weighted by molar-refractivity contribution is -0.116. The summed E-state index contributed by atoms with van der Waals surface area (Å²) in [5.41, 5.74) is 3.07. The number of carbonyl (C=O) groups excluding carboxylic acids is 1. The Morgan fingerprint density at radius 3 is 2.17 bits per heavy atom. The molecule has 0 bridgehead atoms. The quantitative estimate of drug-likeness (QED) is 0.672. The Morgan fingerprint density at radius 2 is 1.58 bits per heavy atom. The first-order valence-electron chi connectivity index (χ1n) is 8.05. The number of amides is 1. The summed E-state index contributed by atoms with van der Waals surface area (Å²) in [6, 6.07) is 20.2. The SMILES string of the molecule is CC(C)CC(=O)Nc1nc(-c2ccccc2)c(-c2ccccc2)s1. The summed E-state index contributed by atoms with van der Waals surface area (Å²) in [5.74, 6) is 0.338. The number of thiazole rings is 1. The van der Waals surface area contributed by atoms with Crippen molar-refractivity contribution in [2.45, 2.75) is 20.3 Å². The van der Waals surface area contributed by atoms with Gasteiger partial charge in [-0.05, 0) is 11.5 Å². The van der Waals surface area contributed by atoms with Crippen molar-refractivity contribution >= 4 is 22.4 Å². The minimum atomic E-state index is 0.0120. The molecule has 0 aliphatic heterocycles. The van der Waals surface area contributed by atoms with Crippen molar-refractivity contribution < 1.29 is 4.79 Å². The Labute approximate surface area is 146 Å². The van der Waals surface area contributed by atoms with Crippen LogP contribution < -0.4 is 5.32 Å². The van der Waals surface area contributed by atoms with Crippen LogP contribution in [0.4, 0.5) is 5.13 Å². The number of rotatable bonds is 5. The summed E-state index contributed by atoms with van der Waals surface area (Å²) in [6.07, 6.45) is 0.501. The number of benzene rings is 2. The van der Waals surface area contributed by atoms with E-state index in [0.717, 1.165) is 21.7 Å². The van der Waals surface area contributed by atoms with Crippen LogP contribution in [0.1, 0.15) is 20.3 Å². The van der Waals surface area contributed by atoms with Gasteiger partial charge < -0.3 is 5.32 Å². The molecule has 0 saturated carbocycles. The number of hydrogen-bond acceptors (Lipinski definition) is 3. The Hall–Kier alpha value is -2.46. The molecule has 0 saturated heterocycles. The molecule has 0 spiro atoms. The number of nitrogens with one attached hydrogen (secondary N) is 1. The van der Waals surface area contributed by atoms with E-state index in [9.17, 15) is 4.79 Å². The lowest BCUT2D eigenvalue weighted by atomic mass is 10.1. The van der Waals surface area contributed by atoms with Crippen molar-refractivity contribution in [1.82, 2.24) is 4.98 Å². The summed E-state index contributed by atoms with van der Waals surface area (Å²) >= 11 is 1.52. The molecule has 1 N–H and O–H groups in total. The highest BCUT2D eigenvalue weighted by Crippen LogP contribution is 2.38. The predicted molar refractivity (Wildman–Crippen MR) is 101 cm³/mol. The first-order chi connectivity index (χ1) is 11.6. The monoisotopic (exact) mass is 336 g/mol. The standard InChI is InChI=1S/C20H20N2OS/c1-14(2)13-17(23)21-20-22-18(15-9-5-3-6-10-15)19(24-20)16-11-7-4-8-12-16/h3-12,14H,13H2,1-2H3,(H,21,22,23). The van der Waals surface area contributed by atoms with Crippen molar-refractivity contribution in [2.75, 3.05) is 5.32 Å². The molecule has 0 unspecified atom stereocenters. The lowest BCUT2D eigenvalue weighted by Crippen LogP contribution is -2.13. The third-order valence-electron chi connectivity index (χ3n) is 3.55. The molecule has 3 aromatic rings. The molecule has 0 radical (unpaired) electrons. The molecular weight excluding hydrogens is 316 g/mol. The van der Waals surface area contributed by atoms with E-state index in [1.807, 2.05) is 62.4 Å². The molecule has 1 heterocycles. The smallest absolute Gasteiger partial charge is 0.226 e. The second kappa shape index (κ2) is 7.41. The Morgan fingerprint density at radius 1 is 1.00 bits per heavy atom. The second-order valence-corrected chi connectivity index (χ2v) is 7.07. The number of nitrogens with zero attached hydrogens (tertiary/aromatic N) is 1. The normalized spacial score (nSPS) is 10.8. The average Bonchev–Trinajstić information content (AvgIpc) is 2.99. The minimum absolute atomic E-state index is 0.0120. The maximum absolute atomic E-state index is 12.1.